The van der Waals surface area contributed by atoms with Crippen LogP contribution in [0, 0.1) is 17.2 Å². The van der Waals surface area contributed by atoms with E-state index < -0.39 is 55.1 Å². The number of ether oxygens (including phenoxy) is 3. The lowest BCUT2D eigenvalue weighted by Gasteiger charge is -2.33. The van der Waals surface area contributed by atoms with Gasteiger partial charge in [-0.05, 0) is 52.0 Å². The molecule has 15 nitrogen and oxygen atoms in total. The molecule has 1 aliphatic heterocycles. The number of nitrogens with zero attached hydrogens (tertiary/aromatic N) is 4. The monoisotopic (exact) mass is 642 g/mol. The van der Waals surface area contributed by atoms with Crippen molar-refractivity contribution in [3.63, 3.8) is 0 Å². The van der Waals surface area contributed by atoms with Gasteiger partial charge in [0.25, 0.3) is 5.60 Å². The summed E-state index contributed by atoms with van der Waals surface area (Å²) in [5.41, 5.74) is 1.79. The molecule has 3 aromatic rings. The third-order valence-electron chi connectivity index (χ3n) is 6.79. The summed E-state index contributed by atoms with van der Waals surface area (Å²) in [5.74, 6) is -2.26. The van der Waals surface area contributed by atoms with E-state index in [1.807, 2.05) is 6.07 Å². The zero-order valence-corrected chi connectivity index (χ0v) is 26.4. The fraction of sp³-hybridized carbons (Fsp3) is 0.414. The smallest absolute Gasteiger partial charge is 0.462 e. The number of benzene rings is 1. The number of rotatable bonds is 11. The molecule has 0 saturated carbocycles. The maximum absolute atomic E-state index is 14.1. The Kier molecular flexibility index (Phi) is 9.43. The largest absolute Gasteiger partial charge is 0.513 e. The molecule has 0 aliphatic carbocycles. The lowest BCUT2D eigenvalue weighted by atomic mass is 9.80. The van der Waals surface area contributed by atoms with Gasteiger partial charge >= 0.3 is 19.7 Å². The molecule has 3 heterocycles. The van der Waals surface area contributed by atoms with E-state index in [0.717, 1.165) is 12.6 Å². The molecular formula is C29H35N6O9P. The van der Waals surface area contributed by atoms with Crippen LogP contribution in [0.15, 0.2) is 60.8 Å². The Labute approximate surface area is 259 Å². The number of nitriles is 1. The molecule has 240 valence electrons. The van der Waals surface area contributed by atoms with Crippen molar-refractivity contribution in [2.45, 2.75) is 71.0 Å². The van der Waals surface area contributed by atoms with Crippen molar-refractivity contribution >= 4 is 31.0 Å². The number of nitrogen functional groups attached to an aromatic ring is 1. The van der Waals surface area contributed by atoms with Gasteiger partial charge in [-0.1, -0.05) is 32.0 Å². The average molecular weight is 643 g/mol. The number of para-hydroxylation sites is 1. The van der Waals surface area contributed by atoms with E-state index in [9.17, 15) is 24.5 Å². The van der Waals surface area contributed by atoms with Gasteiger partial charge in [-0.15, -0.1) is 0 Å². The molecule has 0 spiro atoms. The first-order valence-corrected chi connectivity index (χ1v) is 15.5. The van der Waals surface area contributed by atoms with Crippen LogP contribution in [0.25, 0.3) is 5.52 Å². The average Bonchev–Trinajstić information content (AvgIpc) is 3.50. The van der Waals surface area contributed by atoms with Crippen molar-refractivity contribution in [2.75, 3.05) is 5.73 Å². The summed E-state index contributed by atoms with van der Waals surface area (Å²) in [5, 5.41) is 29.2. The summed E-state index contributed by atoms with van der Waals surface area (Å²) >= 11 is 0. The van der Waals surface area contributed by atoms with Crippen LogP contribution in [0.4, 0.5) is 5.82 Å². The second kappa shape index (κ2) is 12.8. The number of nitrogens with one attached hydrogen (secondary N) is 1. The Morgan fingerprint density at radius 2 is 1.87 bits per heavy atom. The standard InChI is InChI=1S/C29H35N6O9P/c1-17(2)26(36)42-24-22(43-29(15-30,28(24,6)38)23-13-12-21-25(31)32-16-33-35(21)23)14-40-45(39,44-20-10-8-7-9-11-20)34-19(5)27(37)41-18(3)4/h7-14,16-19,24,38H,1-6H3,(H,34,39)(H2,31,32,33). The van der Waals surface area contributed by atoms with Crippen LogP contribution >= 0.6 is 7.75 Å². The van der Waals surface area contributed by atoms with Gasteiger partial charge in [0.2, 0.25) is 0 Å². The molecule has 45 heavy (non-hydrogen) atoms. The Morgan fingerprint density at radius 3 is 2.49 bits per heavy atom. The maximum Gasteiger partial charge on any atom is 0.513 e. The molecule has 1 aliphatic rings. The van der Waals surface area contributed by atoms with Crippen molar-refractivity contribution in [1.29, 1.82) is 5.26 Å². The van der Waals surface area contributed by atoms with E-state index in [2.05, 4.69) is 15.2 Å². The van der Waals surface area contributed by atoms with Crippen molar-refractivity contribution in [3.05, 3.63) is 66.5 Å². The molecular weight excluding hydrogens is 607 g/mol. The van der Waals surface area contributed by atoms with Gasteiger partial charge in [0.1, 0.15) is 41.7 Å². The van der Waals surface area contributed by atoms with Gasteiger partial charge in [0.15, 0.2) is 23.3 Å². The second-order valence-electron chi connectivity index (χ2n) is 11.0. The highest BCUT2D eigenvalue weighted by atomic mass is 31.2. The lowest BCUT2D eigenvalue weighted by Crippen LogP contribution is -2.53. The molecule has 2 aromatic heterocycles. The SMILES string of the molecule is CC(C)OC(=O)C(C)NP(=O)(OC=C1OC(C#N)(c2ccc3c(N)ncnn23)C(C)(O)C1OC(=O)C(C)C)Oc1ccccc1. The molecule has 1 aromatic carbocycles. The summed E-state index contributed by atoms with van der Waals surface area (Å²) in [6.07, 6.45) is -0.132. The minimum Gasteiger partial charge on any atom is -0.462 e. The highest BCUT2D eigenvalue weighted by Gasteiger charge is 2.67. The predicted octanol–water partition coefficient (Wildman–Crippen LogP) is 3.35. The number of esters is 2. The van der Waals surface area contributed by atoms with Crippen LogP contribution < -0.4 is 15.3 Å². The summed E-state index contributed by atoms with van der Waals surface area (Å²) in [7, 11) is -4.48. The van der Waals surface area contributed by atoms with Gasteiger partial charge < -0.3 is 34.1 Å². The maximum atomic E-state index is 14.1. The number of nitrogens with two attached hydrogens (primary N) is 1. The zero-order chi connectivity index (χ0) is 33.2. The molecule has 1 saturated heterocycles. The molecule has 1 fully saturated rings. The summed E-state index contributed by atoms with van der Waals surface area (Å²) < 4.78 is 43.5. The first kappa shape index (κ1) is 33.3. The normalized spacial score (nSPS) is 24.1. The van der Waals surface area contributed by atoms with Crippen LogP contribution in [-0.4, -0.2) is 55.5 Å². The van der Waals surface area contributed by atoms with Gasteiger partial charge in [0, 0.05) is 0 Å². The Bertz CT molecular complexity index is 1680. The van der Waals surface area contributed by atoms with E-state index in [-0.39, 0.29) is 23.0 Å². The Morgan fingerprint density at radius 1 is 1.18 bits per heavy atom. The van der Waals surface area contributed by atoms with E-state index in [1.165, 1.54) is 42.6 Å². The highest BCUT2D eigenvalue weighted by Crippen LogP contribution is 2.52. The minimum absolute atomic E-state index is 0.0278. The van der Waals surface area contributed by atoms with Gasteiger partial charge in [-0.3, -0.25) is 9.59 Å². The van der Waals surface area contributed by atoms with Gasteiger partial charge in [-0.25, -0.2) is 14.1 Å². The number of aromatic nitrogens is 3. The van der Waals surface area contributed by atoms with Crippen LogP contribution in [0.2, 0.25) is 0 Å². The van der Waals surface area contributed by atoms with Crippen LogP contribution in [0.5, 0.6) is 5.75 Å². The fourth-order valence-corrected chi connectivity index (χ4v) is 5.85. The first-order valence-electron chi connectivity index (χ1n) is 14.0. The Balaban J connectivity index is 1.80. The molecule has 4 N–H and O–H groups in total. The van der Waals surface area contributed by atoms with E-state index in [1.54, 1.807) is 45.9 Å². The lowest BCUT2D eigenvalue weighted by molar-refractivity contribution is -0.165. The number of hydrogen-bond donors (Lipinski definition) is 3. The molecule has 16 heteroatoms. The summed E-state index contributed by atoms with van der Waals surface area (Å²) in [6.45, 7) is 9.11. The van der Waals surface area contributed by atoms with Crippen molar-refractivity contribution in [2.24, 2.45) is 5.92 Å². The zero-order valence-electron chi connectivity index (χ0n) is 25.5. The van der Waals surface area contributed by atoms with Crippen molar-refractivity contribution in [3.8, 4) is 11.8 Å². The highest BCUT2D eigenvalue weighted by molar-refractivity contribution is 7.52. The first-order chi connectivity index (χ1) is 21.1. The number of anilines is 1. The van der Waals surface area contributed by atoms with E-state index in [4.69, 9.17) is 29.0 Å². The molecule has 5 atom stereocenters. The molecule has 0 amide bonds. The van der Waals surface area contributed by atoms with E-state index >= 15 is 0 Å². The third kappa shape index (κ3) is 6.58. The topological polar surface area (TPSA) is 210 Å². The van der Waals surface area contributed by atoms with Gasteiger partial charge in [-0.2, -0.15) is 15.4 Å². The summed E-state index contributed by atoms with van der Waals surface area (Å²) in [4.78, 5) is 29.3. The molecule has 5 unspecified atom stereocenters. The molecule has 0 bridgehead atoms. The fourth-order valence-electron chi connectivity index (χ4n) is 4.47. The number of carbonyl (C=O) groups is 2. The second-order valence-corrected chi connectivity index (χ2v) is 12.7. The van der Waals surface area contributed by atoms with E-state index in [0.29, 0.717) is 5.52 Å². The summed E-state index contributed by atoms with van der Waals surface area (Å²) in [6, 6.07) is 11.8. The number of hydrogen-bond acceptors (Lipinski definition) is 13. The number of carbonyl (C=O) groups excluding carboxylic acids is 2. The molecule has 4 rings (SSSR count). The molecule has 0 radical (unpaired) electrons. The number of fused-ring (bicyclic) bond motifs is 1. The predicted molar refractivity (Wildman–Crippen MR) is 159 cm³/mol. The third-order valence-corrected chi connectivity index (χ3v) is 8.33. The van der Waals surface area contributed by atoms with Crippen molar-refractivity contribution in [1.82, 2.24) is 19.7 Å². The van der Waals surface area contributed by atoms with Crippen LogP contribution in [-0.2, 0) is 38.5 Å². The quantitative estimate of drug-likeness (QED) is 0.156. The number of aliphatic hydroxyl groups is 1. The van der Waals surface area contributed by atoms with Crippen molar-refractivity contribution < 1.29 is 42.5 Å². The van der Waals surface area contributed by atoms with Crippen LogP contribution in [0.3, 0.4) is 0 Å². The minimum atomic E-state index is -4.48. The van der Waals surface area contributed by atoms with Crippen LogP contribution in [0.1, 0.15) is 47.2 Å². The van der Waals surface area contributed by atoms with Gasteiger partial charge in [0.05, 0.1) is 12.0 Å². The Hall–Kier alpha value is -4.64.